The standard InChI is InChI=1S/C11H17F4NO/c1-7(8-5-3-2-4-6-8)16-10(17)11(14,15)9(12)13/h7-9H,2-6H2,1H3,(H,16,17). The van der Waals surface area contributed by atoms with Gasteiger partial charge in [-0.05, 0) is 25.7 Å². The Balaban J connectivity index is 2.50. The predicted molar refractivity (Wildman–Crippen MR) is 55.1 cm³/mol. The number of amides is 1. The molecule has 1 fully saturated rings. The molecule has 0 aromatic heterocycles. The van der Waals surface area contributed by atoms with Gasteiger partial charge in [-0.1, -0.05) is 19.3 Å². The highest BCUT2D eigenvalue weighted by molar-refractivity contribution is 5.84. The summed E-state index contributed by atoms with van der Waals surface area (Å²) >= 11 is 0. The number of hydrogen-bond acceptors (Lipinski definition) is 1. The van der Waals surface area contributed by atoms with E-state index in [1.54, 1.807) is 6.92 Å². The second-order valence-corrected chi connectivity index (χ2v) is 4.58. The lowest BCUT2D eigenvalue weighted by atomic mass is 9.84. The summed E-state index contributed by atoms with van der Waals surface area (Å²) in [7, 11) is 0. The van der Waals surface area contributed by atoms with Crippen molar-refractivity contribution in [1.82, 2.24) is 5.32 Å². The third-order valence-corrected chi connectivity index (χ3v) is 3.29. The highest BCUT2D eigenvalue weighted by Crippen LogP contribution is 2.28. The van der Waals surface area contributed by atoms with Crippen LogP contribution in [0.25, 0.3) is 0 Å². The molecule has 1 aliphatic rings. The minimum Gasteiger partial charge on any atom is -0.348 e. The van der Waals surface area contributed by atoms with Crippen LogP contribution in [0.5, 0.6) is 0 Å². The normalized spacial score (nSPS) is 20.4. The molecule has 1 aliphatic carbocycles. The molecule has 0 heterocycles. The van der Waals surface area contributed by atoms with Crippen LogP contribution in [0, 0.1) is 5.92 Å². The summed E-state index contributed by atoms with van der Waals surface area (Å²) in [6, 6.07) is -0.479. The first-order chi connectivity index (χ1) is 7.85. The van der Waals surface area contributed by atoms with Crippen molar-refractivity contribution in [3.63, 3.8) is 0 Å². The first-order valence-corrected chi connectivity index (χ1v) is 5.82. The maximum Gasteiger partial charge on any atom is 0.383 e. The highest BCUT2D eigenvalue weighted by Gasteiger charge is 2.49. The maximum absolute atomic E-state index is 12.7. The third kappa shape index (κ3) is 3.57. The molecule has 1 atom stereocenters. The van der Waals surface area contributed by atoms with Crippen LogP contribution in [0.4, 0.5) is 17.6 Å². The van der Waals surface area contributed by atoms with Gasteiger partial charge < -0.3 is 5.32 Å². The van der Waals surface area contributed by atoms with Crippen molar-refractivity contribution < 1.29 is 22.4 Å². The summed E-state index contributed by atoms with van der Waals surface area (Å²) in [5, 5.41) is 2.00. The van der Waals surface area contributed by atoms with E-state index in [4.69, 9.17) is 0 Å². The van der Waals surface area contributed by atoms with Gasteiger partial charge in [0.2, 0.25) is 0 Å². The van der Waals surface area contributed by atoms with Gasteiger partial charge in [0.25, 0.3) is 5.91 Å². The predicted octanol–water partition coefficient (Wildman–Crippen LogP) is 2.97. The molecule has 0 spiro atoms. The molecule has 0 aromatic rings. The molecule has 100 valence electrons. The Bertz CT molecular complexity index is 264. The summed E-state index contributed by atoms with van der Waals surface area (Å²) < 4.78 is 49.3. The second kappa shape index (κ2) is 5.69. The van der Waals surface area contributed by atoms with E-state index in [9.17, 15) is 22.4 Å². The fourth-order valence-corrected chi connectivity index (χ4v) is 2.15. The zero-order chi connectivity index (χ0) is 13.1. The molecule has 0 bridgehead atoms. The minimum atomic E-state index is -4.59. The summed E-state index contributed by atoms with van der Waals surface area (Å²) in [4.78, 5) is 11.0. The molecule has 1 N–H and O–H groups in total. The van der Waals surface area contributed by atoms with E-state index >= 15 is 0 Å². The summed E-state index contributed by atoms with van der Waals surface area (Å²) in [5.41, 5.74) is 0. The van der Waals surface area contributed by atoms with Gasteiger partial charge in [-0.2, -0.15) is 8.78 Å². The number of nitrogens with one attached hydrogen (secondary N) is 1. The molecule has 1 unspecified atom stereocenters. The Kier molecular flexibility index (Phi) is 4.77. The first-order valence-electron chi connectivity index (χ1n) is 5.82. The van der Waals surface area contributed by atoms with E-state index in [1.807, 2.05) is 5.32 Å². The van der Waals surface area contributed by atoms with E-state index in [0.717, 1.165) is 32.1 Å². The first kappa shape index (κ1) is 14.3. The molecule has 1 amide bonds. The molecule has 6 heteroatoms. The van der Waals surface area contributed by atoms with Gasteiger partial charge in [-0.3, -0.25) is 4.79 Å². The molecule has 17 heavy (non-hydrogen) atoms. The van der Waals surface area contributed by atoms with Crippen molar-refractivity contribution in [2.24, 2.45) is 5.92 Å². The van der Waals surface area contributed by atoms with Gasteiger partial charge >= 0.3 is 12.3 Å². The Morgan fingerprint density at radius 1 is 1.24 bits per heavy atom. The number of alkyl halides is 4. The fraction of sp³-hybridized carbons (Fsp3) is 0.909. The van der Waals surface area contributed by atoms with E-state index in [-0.39, 0.29) is 5.92 Å². The Morgan fingerprint density at radius 3 is 2.24 bits per heavy atom. The smallest absolute Gasteiger partial charge is 0.348 e. The molecule has 0 aromatic carbocycles. The van der Waals surface area contributed by atoms with Crippen molar-refractivity contribution >= 4 is 5.91 Å². The second-order valence-electron chi connectivity index (χ2n) is 4.58. The summed E-state index contributed by atoms with van der Waals surface area (Å²) in [6.45, 7) is 1.59. The molecule has 0 saturated heterocycles. The van der Waals surface area contributed by atoms with Crippen LogP contribution in [0.3, 0.4) is 0 Å². The summed E-state index contributed by atoms with van der Waals surface area (Å²) in [6.07, 6.45) is 0.834. The zero-order valence-electron chi connectivity index (χ0n) is 9.69. The Labute approximate surface area is 97.8 Å². The van der Waals surface area contributed by atoms with Crippen LogP contribution in [-0.4, -0.2) is 24.3 Å². The van der Waals surface area contributed by atoms with Crippen LogP contribution in [0.2, 0.25) is 0 Å². The zero-order valence-corrected chi connectivity index (χ0v) is 9.69. The number of halogens is 4. The van der Waals surface area contributed by atoms with Crippen molar-refractivity contribution in [1.29, 1.82) is 0 Å². The largest absolute Gasteiger partial charge is 0.383 e. The average molecular weight is 255 g/mol. The lowest BCUT2D eigenvalue weighted by Gasteiger charge is -2.29. The van der Waals surface area contributed by atoms with Crippen molar-refractivity contribution in [2.75, 3.05) is 0 Å². The van der Waals surface area contributed by atoms with Crippen LogP contribution < -0.4 is 5.32 Å². The van der Waals surface area contributed by atoms with Gasteiger partial charge in [-0.25, -0.2) is 8.78 Å². The quantitative estimate of drug-likeness (QED) is 0.769. The number of carbonyl (C=O) groups is 1. The molecule has 0 radical (unpaired) electrons. The van der Waals surface area contributed by atoms with Crippen molar-refractivity contribution in [2.45, 2.75) is 57.4 Å². The SMILES string of the molecule is CC(NC(=O)C(F)(F)C(F)F)C1CCCCC1. The van der Waals surface area contributed by atoms with Gasteiger partial charge in [0.05, 0.1) is 0 Å². The minimum absolute atomic E-state index is 0.112. The van der Waals surface area contributed by atoms with E-state index in [2.05, 4.69) is 0 Å². The Hall–Kier alpha value is -0.810. The number of hydrogen-bond donors (Lipinski definition) is 1. The van der Waals surface area contributed by atoms with Crippen LogP contribution >= 0.6 is 0 Å². The number of carbonyl (C=O) groups excluding carboxylic acids is 1. The molecule has 2 nitrogen and oxygen atoms in total. The van der Waals surface area contributed by atoms with E-state index in [1.165, 1.54) is 0 Å². The molecular formula is C11H17F4NO. The Morgan fingerprint density at radius 2 is 1.76 bits per heavy atom. The monoisotopic (exact) mass is 255 g/mol. The third-order valence-electron chi connectivity index (χ3n) is 3.29. The van der Waals surface area contributed by atoms with Crippen molar-refractivity contribution in [3.8, 4) is 0 Å². The van der Waals surface area contributed by atoms with Crippen LogP contribution in [-0.2, 0) is 4.79 Å². The van der Waals surface area contributed by atoms with Gasteiger partial charge in [-0.15, -0.1) is 0 Å². The van der Waals surface area contributed by atoms with Gasteiger partial charge in [0.15, 0.2) is 0 Å². The summed E-state index contributed by atoms with van der Waals surface area (Å²) in [5.74, 6) is -6.35. The topological polar surface area (TPSA) is 29.1 Å². The van der Waals surface area contributed by atoms with Crippen LogP contribution in [0.1, 0.15) is 39.0 Å². The van der Waals surface area contributed by atoms with Gasteiger partial charge in [0, 0.05) is 6.04 Å². The maximum atomic E-state index is 12.7. The van der Waals surface area contributed by atoms with E-state index < -0.39 is 24.3 Å². The molecule has 0 aliphatic heterocycles. The van der Waals surface area contributed by atoms with Gasteiger partial charge in [0.1, 0.15) is 0 Å². The van der Waals surface area contributed by atoms with Crippen molar-refractivity contribution in [3.05, 3.63) is 0 Å². The molecule has 1 saturated carbocycles. The highest BCUT2D eigenvalue weighted by atomic mass is 19.3. The lowest BCUT2D eigenvalue weighted by molar-refractivity contribution is -0.170. The fourth-order valence-electron chi connectivity index (χ4n) is 2.15. The van der Waals surface area contributed by atoms with E-state index in [0.29, 0.717) is 0 Å². The average Bonchev–Trinajstić information content (AvgIpc) is 2.29. The molecular weight excluding hydrogens is 238 g/mol. The lowest BCUT2D eigenvalue weighted by Crippen LogP contribution is -2.50. The molecule has 1 rings (SSSR count). The number of rotatable bonds is 4. The van der Waals surface area contributed by atoms with Crippen LogP contribution in [0.15, 0.2) is 0 Å².